The van der Waals surface area contributed by atoms with Crippen LogP contribution < -0.4 is 0 Å². The van der Waals surface area contributed by atoms with E-state index in [2.05, 4.69) is 41.3 Å². The summed E-state index contributed by atoms with van der Waals surface area (Å²) in [6.45, 7) is 3.92. The Bertz CT molecular complexity index is 1730. The van der Waals surface area contributed by atoms with E-state index in [1.165, 1.54) is 11.6 Å². The summed E-state index contributed by atoms with van der Waals surface area (Å²) in [6.07, 6.45) is 9.04. The standard InChI is InChI=1S/C29H29BrN8O3/c1-16-3-6-26(30)32-20(16)9-24(40)22-10-29(15-36-13-21(33-35-36)18-4-5-18)11-25(29)38(22)27(41)14-37-23-12-31-8-7-19(23)28(34-37)17(2)39/h3,6-8,12-13,18,22,25H,4-5,9-11,14-15H2,1-2H3/t22-,25+,29-/m0/s1. The van der Waals surface area contributed by atoms with Crippen LogP contribution in [0.3, 0.4) is 0 Å². The first-order valence-electron chi connectivity index (χ1n) is 13.9. The van der Waals surface area contributed by atoms with Crippen LogP contribution in [0, 0.1) is 12.3 Å². The zero-order valence-corrected chi connectivity index (χ0v) is 24.4. The van der Waals surface area contributed by atoms with Gasteiger partial charge in [0.1, 0.15) is 16.8 Å². The zero-order chi connectivity index (χ0) is 28.5. The minimum absolute atomic E-state index is 0.0349. The topological polar surface area (TPSA) is 129 Å². The van der Waals surface area contributed by atoms with Crippen molar-refractivity contribution < 1.29 is 14.4 Å². The normalized spacial score (nSPS) is 23.1. The Morgan fingerprint density at radius 2 is 1.98 bits per heavy atom. The highest BCUT2D eigenvalue weighted by Gasteiger charge is 2.67. The van der Waals surface area contributed by atoms with Gasteiger partial charge in [-0.15, -0.1) is 5.10 Å². The molecule has 12 heteroatoms. The number of piperidine rings is 1. The summed E-state index contributed by atoms with van der Waals surface area (Å²) >= 11 is 3.41. The number of pyridine rings is 2. The van der Waals surface area contributed by atoms with Crippen molar-refractivity contribution in [2.24, 2.45) is 5.41 Å². The van der Waals surface area contributed by atoms with Gasteiger partial charge in [-0.2, -0.15) is 5.10 Å². The van der Waals surface area contributed by atoms with E-state index in [4.69, 9.17) is 0 Å². The van der Waals surface area contributed by atoms with E-state index in [1.807, 2.05) is 29.9 Å². The van der Waals surface area contributed by atoms with E-state index in [0.29, 0.717) is 45.8 Å². The quantitative estimate of drug-likeness (QED) is 0.207. The summed E-state index contributed by atoms with van der Waals surface area (Å²) < 4.78 is 4.09. The van der Waals surface area contributed by atoms with Gasteiger partial charge in [0.15, 0.2) is 11.6 Å². The lowest BCUT2D eigenvalue weighted by Gasteiger charge is -2.27. The lowest BCUT2D eigenvalue weighted by atomic mass is 9.94. The van der Waals surface area contributed by atoms with E-state index in [9.17, 15) is 14.4 Å². The maximum atomic E-state index is 14.0. The van der Waals surface area contributed by atoms with Crippen molar-refractivity contribution in [3.8, 4) is 0 Å². The van der Waals surface area contributed by atoms with Crippen LogP contribution in [0.2, 0.25) is 0 Å². The highest BCUT2D eigenvalue weighted by Crippen LogP contribution is 2.60. The third-order valence-corrected chi connectivity index (χ3v) is 9.23. The number of rotatable bonds is 9. The number of ketones is 2. The molecule has 1 amide bonds. The number of halogens is 1. The Morgan fingerprint density at radius 3 is 2.76 bits per heavy atom. The molecule has 2 aliphatic carbocycles. The smallest absolute Gasteiger partial charge is 0.245 e. The summed E-state index contributed by atoms with van der Waals surface area (Å²) in [5.41, 5.74) is 3.33. The van der Waals surface area contributed by atoms with Gasteiger partial charge in [0.2, 0.25) is 5.91 Å². The number of aromatic nitrogens is 7. The molecule has 1 aliphatic heterocycles. The lowest BCUT2D eigenvalue weighted by molar-refractivity contribution is -0.139. The van der Waals surface area contributed by atoms with Crippen LogP contribution in [0.4, 0.5) is 0 Å². The van der Waals surface area contributed by atoms with Crippen LogP contribution in [-0.4, -0.2) is 69.2 Å². The van der Waals surface area contributed by atoms with E-state index in [-0.39, 0.29) is 41.9 Å². The first-order valence-corrected chi connectivity index (χ1v) is 14.7. The van der Waals surface area contributed by atoms with Gasteiger partial charge in [-0.25, -0.2) is 4.98 Å². The van der Waals surface area contributed by atoms with Gasteiger partial charge in [-0.05, 0) is 66.2 Å². The molecule has 0 radical (unpaired) electrons. The molecule has 4 aromatic rings. The van der Waals surface area contributed by atoms with Gasteiger partial charge in [0, 0.05) is 42.1 Å². The molecule has 41 heavy (non-hydrogen) atoms. The number of carbonyl (C=O) groups excluding carboxylic acids is 3. The van der Waals surface area contributed by atoms with E-state index in [0.717, 1.165) is 30.5 Å². The Morgan fingerprint density at radius 1 is 1.15 bits per heavy atom. The number of hydrogen-bond acceptors (Lipinski definition) is 8. The fourth-order valence-electron chi connectivity index (χ4n) is 6.39. The summed E-state index contributed by atoms with van der Waals surface area (Å²) in [4.78, 5) is 50.6. The van der Waals surface area contributed by atoms with Crippen molar-refractivity contribution in [3.63, 3.8) is 0 Å². The third-order valence-electron chi connectivity index (χ3n) is 8.79. The van der Waals surface area contributed by atoms with Crippen LogP contribution >= 0.6 is 15.9 Å². The maximum absolute atomic E-state index is 14.0. The molecule has 210 valence electrons. The zero-order valence-electron chi connectivity index (χ0n) is 22.8. The number of likely N-dealkylation sites (tertiary alicyclic amines) is 1. The molecular formula is C29H29BrN8O3. The number of hydrogen-bond donors (Lipinski definition) is 0. The first-order chi connectivity index (χ1) is 19.7. The minimum atomic E-state index is -0.583. The molecule has 1 saturated heterocycles. The molecule has 11 nitrogen and oxygen atoms in total. The second kappa shape index (κ2) is 9.64. The second-order valence-corrected chi connectivity index (χ2v) is 12.5. The van der Waals surface area contributed by atoms with E-state index >= 15 is 0 Å². The van der Waals surface area contributed by atoms with E-state index in [1.54, 1.807) is 23.4 Å². The summed E-state index contributed by atoms with van der Waals surface area (Å²) in [7, 11) is 0. The Balaban J connectivity index is 1.18. The van der Waals surface area contributed by atoms with Crippen molar-refractivity contribution in [1.29, 1.82) is 0 Å². The molecule has 0 spiro atoms. The van der Waals surface area contributed by atoms with Crippen molar-refractivity contribution in [1.82, 2.24) is 39.6 Å². The fraction of sp³-hybridized carbons (Fsp3) is 0.448. The molecule has 0 N–H and O–H groups in total. The van der Waals surface area contributed by atoms with Crippen molar-refractivity contribution in [2.75, 3.05) is 0 Å². The van der Waals surface area contributed by atoms with Crippen LogP contribution in [-0.2, 0) is 29.1 Å². The van der Waals surface area contributed by atoms with Gasteiger partial charge in [-0.1, -0.05) is 11.3 Å². The molecule has 3 fully saturated rings. The van der Waals surface area contributed by atoms with Crippen molar-refractivity contribution in [3.05, 3.63) is 64.0 Å². The average Bonchev–Trinajstić information content (AvgIpc) is 3.78. The maximum Gasteiger partial charge on any atom is 0.245 e. The minimum Gasteiger partial charge on any atom is -0.327 e. The van der Waals surface area contributed by atoms with Crippen molar-refractivity contribution in [2.45, 2.75) is 77.0 Å². The van der Waals surface area contributed by atoms with Gasteiger partial charge in [0.05, 0.1) is 42.1 Å². The summed E-state index contributed by atoms with van der Waals surface area (Å²) in [5.74, 6) is 0.0872. The molecule has 3 atom stereocenters. The van der Waals surface area contributed by atoms with Gasteiger partial charge in [-0.3, -0.25) is 28.7 Å². The van der Waals surface area contributed by atoms with Crippen LogP contribution in [0.1, 0.15) is 66.0 Å². The van der Waals surface area contributed by atoms with Crippen LogP contribution in [0.15, 0.2) is 41.4 Å². The molecule has 0 unspecified atom stereocenters. The molecule has 0 aromatic carbocycles. The molecule has 4 aromatic heterocycles. The number of carbonyl (C=O) groups is 3. The third kappa shape index (κ3) is 4.67. The number of fused-ring (bicyclic) bond motifs is 2. The highest BCUT2D eigenvalue weighted by atomic mass is 79.9. The lowest BCUT2D eigenvalue weighted by Crippen LogP contribution is -2.45. The predicted molar refractivity (Wildman–Crippen MR) is 151 cm³/mol. The molecule has 2 saturated carbocycles. The summed E-state index contributed by atoms with van der Waals surface area (Å²) in [6, 6.07) is 4.85. The van der Waals surface area contributed by atoms with Crippen LogP contribution in [0.5, 0.6) is 0 Å². The van der Waals surface area contributed by atoms with Crippen LogP contribution in [0.25, 0.3) is 10.9 Å². The summed E-state index contributed by atoms with van der Waals surface area (Å²) in [5, 5.41) is 13.9. The molecule has 0 bridgehead atoms. The van der Waals surface area contributed by atoms with E-state index < -0.39 is 6.04 Å². The molecular weight excluding hydrogens is 588 g/mol. The fourth-order valence-corrected chi connectivity index (χ4v) is 6.73. The van der Waals surface area contributed by atoms with Gasteiger partial charge < -0.3 is 4.90 Å². The SMILES string of the molecule is CC(=O)c1nn(CC(=O)N2[C@H](C(=O)Cc3nc(Br)ccc3C)C[C@@]3(Cn4cc(C5CC5)nn4)C[C@@H]23)c2cnccc12. The largest absolute Gasteiger partial charge is 0.327 e. The average molecular weight is 618 g/mol. The molecule has 7 rings (SSSR count). The predicted octanol–water partition coefficient (Wildman–Crippen LogP) is 3.44. The number of aryl methyl sites for hydroxylation is 1. The second-order valence-electron chi connectivity index (χ2n) is 11.7. The van der Waals surface area contributed by atoms with Gasteiger partial charge in [0.25, 0.3) is 0 Å². The monoisotopic (exact) mass is 616 g/mol. The Kier molecular flexibility index (Phi) is 6.14. The Hall–Kier alpha value is -3.80. The first kappa shape index (κ1) is 26.1. The highest BCUT2D eigenvalue weighted by molar-refractivity contribution is 9.10. The number of amides is 1. The number of nitrogens with zero attached hydrogens (tertiary/aromatic N) is 8. The molecule has 3 aliphatic rings. The van der Waals surface area contributed by atoms with Gasteiger partial charge >= 0.3 is 0 Å². The van der Waals surface area contributed by atoms with Crippen molar-refractivity contribution >= 4 is 44.3 Å². The molecule has 5 heterocycles. The Labute approximate surface area is 244 Å². The number of Topliss-reactive ketones (excluding diaryl/α,β-unsaturated/α-hetero) is 2.